The van der Waals surface area contributed by atoms with Crippen molar-refractivity contribution in [3.8, 4) is 0 Å². The van der Waals surface area contributed by atoms with E-state index in [1.54, 1.807) is 0 Å². The maximum atomic E-state index is 6.01. The van der Waals surface area contributed by atoms with Crippen LogP contribution in [0.2, 0.25) is 0 Å². The van der Waals surface area contributed by atoms with Crippen LogP contribution in [0.15, 0.2) is 30.3 Å². The summed E-state index contributed by atoms with van der Waals surface area (Å²) in [6.07, 6.45) is 3.42. The minimum absolute atomic E-state index is 0.408. The summed E-state index contributed by atoms with van der Waals surface area (Å²) in [4.78, 5) is 2.61. The second kappa shape index (κ2) is 5.65. The van der Waals surface area contributed by atoms with Gasteiger partial charge in [-0.1, -0.05) is 30.3 Å². The molecule has 1 aromatic carbocycles. The van der Waals surface area contributed by atoms with Gasteiger partial charge in [-0.2, -0.15) is 0 Å². The quantitative estimate of drug-likeness (QED) is 0.867. The lowest BCUT2D eigenvalue weighted by atomic mass is 9.95. The van der Waals surface area contributed by atoms with Crippen molar-refractivity contribution < 1.29 is 0 Å². The minimum atomic E-state index is 0.408. The van der Waals surface area contributed by atoms with Crippen LogP contribution in [0.25, 0.3) is 0 Å². The van der Waals surface area contributed by atoms with Gasteiger partial charge in [0.1, 0.15) is 0 Å². The third-order valence-corrected chi connectivity index (χ3v) is 3.91. The molecule has 2 N–H and O–H groups in total. The molecule has 2 rings (SSSR count). The number of hydrogen-bond acceptors (Lipinski definition) is 2. The summed E-state index contributed by atoms with van der Waals surface area (Å²) in [5, 5.41) is 0. The van der Waals surface area contributed by atoms with Gasteiger partial charge in [0.2, 0.25) is 0 Å². The maximum absolute atomic E-state index is 6.01. The van der Waals surface area contributed by atoms with E-state index in [9.17, 15) is 0 Å². The zero-order valence-electron chi connectivity index (χ0n) is 11.0. The molecule has 94 valence electrons. The molecule has 0 radical (unpaired) electrons. The Hall–Kier alpha value is -0.860. The Labute approximate surface area is 105 Å². The first-order valence-corrected chi connectivity index (χ1v) is 6.72. The van der Waals surface area contributed by atoms with Gasteiger partial charge in [0.15, 0.2) is 0 Å². The lowest BCUT2D eigenvalue weighted by molar-refractivity contribution is 0.104. The highest BCUT2D eigenvalue weighted by molar-refractivity contribution is 5.15. The van der Waals surface area contributed by atoms with E-state index in [2.05, 4.69) is 49.1 Å². The zero-order valence-corrected chi connectivity index (χ0v) is 11.0. The Morgan fingerprint density at radius 3 is 2.71 bits per heavy atom. The van der Waals surface area contributed by atoms with Gasteiger partial charge in [0.25, 0.3) is 0 Å². The Kier molecular flexibility index (Phi) is 4.19. The fraction of sp³-hybridized carbons (Fsp3) is 0.600. The molecule has 1 saturated heterocycles. The number of nitrogens with two attached hydrogens (primary N) is 1. The highest BCUT2D eigenvalue weighted by Gasteiger charge is 2.26. The van der Waals surface area contributed by atoms with Crippen LogP contribution in [0.5, 0.6) is 0 Å². The van der Waals surface area contributed by atoms with Crippen molar-refractivity contribution in [3.05, 3.63) is 35.9 Å². The van der Waals surface area contributed by atoms with Crippen LogP contribution in [-0.4, -0.2) is 29.6 Å². The van der Waals surface area contributed by atoms with E-state index < -0.39 is 0 Å². The third-order valence-electron chi connectivity index (χ3n) is 3.91. The lowest BCUT2D eigenvalue weighted by Gasteiger charge is -2.40. The second-order valence-electron chi connectivity index (χ2n) is 5.41. The number of piperidine rings is 1. The summed E-state index contributed by atoms with van der Waals surface area (Å²) in [5.41, 5.74) is 7.45. The molecule has 0 saturated carbocycles. The summed E-state index contributed by atoms with van der Waals surface area (Å²) >= 11 is 0. The van der Waals surface area contributed by atoms with Gasteiger partial charge < -0.3 is 5.73 Å². The van der Waals surface area contributed by atoms with Crippen molar-refractivity contribution in [2.45, 2.75) is 51.2 Å². The number of nitrogens with zero attached hydrogens (tertiary/aromatic N) is 1. The molecule has 0 aromatic heterocycles. The monoisotopic (exact) mass is 232 g/mol. The number of benzene rings is 1. The number of likely N-dealkylation sites (tertiary alicyclic amines) is 1. The first-order valence-electron chi connectivity index (χ1n) is 6.72. The normalized spacial score (nSPS) is 27.9. The van der Waals surface area contributed by atoms with E-state index in [0.29, 0.717) is 18.1 Å². The minimum Gasteiger partial charge on any atom is -0.328 e. The molecule has 1 aliphatic rings. The van der Waals surface area contributed by atoms with Crippen LogP contribution in [0.3, 0.4) is 0 Å². The molecule has 3 unspecified atom stereocenters. The maximum Gasteiger partial charge on any atom is 0.0110 e. The van der Waals surface area contributed by atoms with Gasteiger partial charge >= 0.3 is 0 Å². The van der Waals surface area contributed by atoms with Crippen molar-refractivity contribution in [1.29, 1.82) is 0 Å². The van der Waals surface area contributed by atoms with E-state index in [-0.39, 0.29) is 0 Å². The topological polar surface area (TPSA) is 29.3 Å². The molecule has 2 heteroatoms. The molecule has 1 aliphatic heterocycles. The third kappa shape index (κ3) is 3.30. The molecule has 0 amide bonds. The summed E-state index contributed by atoms with van der Waals surface area (Å²) < 4.78 is 0. The molecule has 0 bridgehead atoms. The van der Waals surface area contributed by atoms with Gasteiger partial charge in [0.05, 0.1) is 0 Å². The molecule has 1 aromatic rings. The van der Waals surface area contributed by atoms with Crippen LogP contribution < -0.4 is 5.73 Å². The molecule has 0 spiro atoms. The fourth-order valence-electron chi connectivity index (χ4n) is 2.95. The summed E-state index contributed by atoms with van der Waals surface area (Å²) in [6, 6.07) is 12.4. The Balaban J connectivity index is 1.94. The SMILES string of the molecule is CC(Cc1ccccc1)N1CCC(N)CC1C. The first-order chi connectivity index (χ1) is 8.16. The Morgan fingerprint density at radius 1 is 1.35 bits per heavy atom. The van der Waals surface area contributed by atoms with Crippen LogP contribution in [0.1, 0.15) is 32.3 Å². The van der Waals surface area contributed by atoms with Gasteiger partial charge in [-0.05, 0) is 38.7 Å². The van der Waals surface area contributed by atoms with Gasteiger partial charge in [-0.15, -0.1) is 0 Å². The standard InChI is InChI=1S/C15H24N2/c1-12(10-14-6-4-3-5-7-14)17-9-8-15(16)11-13(17)2/h3-7,12-13,15H,8-11,16H2,1-2H3. The van der Waals surface area contributed by atoms with E-state index >= 15 is 0 Å². The van der Waals surface area contributed by atoms with Crippen LogP contribution in [0.4, 0.5) is 0 Å². The first kappa shape index (κ1) is 12.6. The predicted molar refractivity (Wildman–Crippen MR) is 73.0 cm³/mol. The van der Waals surface area contributed by atoms with Crippen LogP contribution in [-0.2, 0) is 6.42 Å². The molecule has 3 atom stereocenters. The Morgan fingerprint density at radius 2 is 2.06 bits per heavy atom. The van der Waals surface area contributed by atoms with Gasteiger partial charge in [0, 0.05) is 24.7 Å². The fourth-order valence-corrected chi connectivity index (χ4v) is 2.95. The molecule has 1 heterocycles. The summed E-state index contributed by atoms with van der Waals surface area (Å²) in [5.74, 6) is 0. The Bertz CT molecular complexity index is 336. The van der Waals surface area contributed by atoms with Crippen molar-refractivity contribution in [2.75, 3.05) is 6.54 Å². The number of rotatable bonds is 3. The average Bonchev–Trinajstić information content (AvgIpc) is 2.30. The predicted octanol–water partition coefficient (Wildman–Crippen LogP) is 2.43. The largest absolute Gasteiger partial charge is 0.328 e. The second-order valence-corrected chi connectivity index (χ2v) is 5.41. The summed E-state index contributed by atoms with van der Waals surface area (Å²) in [7, 11) is 0. The lowest BCUT2D eigenvalue weighted by Crippen LogP contribution is -2.49. The number of hydrogen-bond donors (Lipinski definition) is 1. The van der Waals surface area contributed by atoms with Gasteiger partial charge in [-0.25, -0.2) is 0 Å². The van der Waals surface area contributed by atoms with E-state index in [1.165, 1.54) is 5.56 Å². The van der Waals surface area contributed by atoms with E-state index in [4.69, 9.17) is 5.73 Å². The molecule has 17 heavy (non-hydrogen) atoms. The van der Waals surface area contributed by atoms with Crippen LogP contribution in [0, 0.1) is 0 Å². The highest BCUT2D eigenvalue weighted by atomic mass is 15.2. The molecular formula is C15H24N2. The average molecular weight is 232 g/mol. The molecule has 1 fully saturated rings. The van der Waals surface area contributed by atoms with E-state index in [1.807, 2.05) is 0 Å². The zero-order chi connectivity index (χ0) is 12.3. The van der Waals surface area contributed by atoms with Gasteiger partial charge in [-0.3, -0.25) is 4.90 Å². The molecule has 2 nitrogen and oxygen atoms in total. The van der Waals surface area contributed by atoms with Crippen molar-refractivity contribution in [1.82, 2.24) is 4.90 Å². The van der Waals surface area contributed by atoms with Crippen molar-refractivity contribution in [2.24, 2.45) is 5.73 Å². The van der Waals surface area contributed by atoms with Crippen LogP contribution >= 0.6 is 0 Å². The summed E-state index contributed by atoms with van der Waals surface area (Å²) in [6.45, 7) is 5.79. The highest BCUT2D eigenvalue weighted by Crippen LogP contribution is 2.20. The van der Waals surface area contributed by atoms with Crippen molar-refractivity contribution in [3.63, 3.8) is 0 Å². The molecule has 0 aliphatic carbocycles. The van der Waals surface area contributed by atoms with E-state index in [0.717, 1.165) is 25.8 Å². The van der Waals surface area contributed by atoms with Crippen molar-refractivity contribution >= 4 is 0 Å². The molecular weight excluding hydrogens is 208 g/mol. The smallest absolute Gasteiger partial charge is 0.0110 e.